The molecule has 1 amide bonds. The van der Waals surface area contributed by atoms with E-state index < -0.39 is 0 Å². The van der Waals surface area contributed by atoms with Crippen molar-refractivity contribution in [2.24, 2.45) is 0 Å². The van der Waals surface area contributed by atoms with Crippen LogP contribution in [0.25, 0.3) is 0 Å². The molecule has 0 aliphatic heterocycles. The number of amides is 1. The third-order valence-corrected chi connectivity index (χ3v) is 5.21. The molecule has 1 aromatic heterocycles. The van der Waals surface area contributed by atoms with Gasteiger partial charge in [-0.3, -0.25) is 0 Å². The molecule has 0 atom stereocenters. The second-order valence-electron chi connectivity index (χ2n) is 4.97. The molecule has 1 aromatic carbocycles. The van der Waals surface area contributed by atoms with Crippen LogP contribution in [-0.2, 0) is 0 Å². The molecule has 4 nitrogen and oxygen atoms in total. The summed E-state index contributed by atoms with van der Waals surface area (Å²) in [5.74, 6) is 0. The average Bonchev–Trinajstić information content (AvgIpc) is 2.97. The topological polar surface area (TPSA) is 38.1 Å². The Morgan fingerprint density at radius 1 is 1.27 bits per heavy atom. The third-order valence-electron chi connectivity index (χ3n) is 3.54. The molecule has 0 saturated heterocycles. The van der Waals surface area contributed by atoms with E-state index in [4.69, 9.17) is 11.6 Å². The standard InChI is InChI=1S/C16H20ClN3OS/c1-5-19(6-2)16(21)20-10-9-14(18-20)22-15-11(3)7-8-13(17)12(15)4/h7-10H,5-6H2,1-4H3. The van der Waals surface area contributed by atoms with Gasteiger partial charge in [-0.25, -0.2) is 4.79 Å². The van der Waals surface area contributed by atoms with Gasteiger partial charge in [0.15, 0.2) is 0 Å². The van der Waals surface area contributed by atoms with Gasteiger partial charge < -0.3 is 4.90 Å². The maximum absolute atomic E-state index is 12.3. The van der Waals surface area contributed by atoms with Crippen LogP contribution in [0.3, 0.4) is 0 Å². The molecule has 6 heteroatoms. The van der Waals surface area contributed by atoms with Crippen molar-refractivity contribution in [1.82, 2.24) is 14.7 Å². The summed E-state index contributed by atoms with van der Waals surface area (Å²) in [6.07, 6.45) is 1.71. The van der Waals surface area contributed by atoms with Gasteiger partial charge in [0.25, 0.3) is 0 Å². The van der Waals surface area contributed by atoms with Crippen LogP contribution in [0, 0.1) is 13.8 Å². The van der Waals surface area contributed by atoms with Crippen LogP contribution in [-0.4, -0.2) is 33.8 Å². The Morgan fingerprint density at radius 2 is 1.95 bits per heavy atom. The van der Waals surface area contributed by atoms with E-state index in [0.717, 1.165) is 26.1 Å². The van der Waals surface area contributed by atoms with E-state index in [2.05, 4.69) is 5.10 Å². The van der Waals surface area contributed by atoms with Crippen molar-refractivity contribution < 1.29 is 4.79 Å². The van der Waals surface area contributed by atoms with Crippen LogP contribution in [0.4, 0.5) is 4.79 Å². The summed E-state index contributed by atoms with van der Waals surface area (Å²) in [6, 6.07) is 5.65. The van der Waals surface area contributed by atoms with E-state index in [9.17, 15) is 4.79 Å². The number of carbonyl (C=O) groups excluding carboxylic acids is 1. The highest BCUT2D eigenvalue weighted by Gasteiger charge is 2.15. The van der Waals surface area contributed by atoms with Gasteiger partial charge in [0, 0.05) is 29.2 Å². The minimum atomic E-state index is -0.101. The van der Waals surface area contributed by atoms with Crippen molar-refractivity contribution in [1.29, 1.82) is 0 Å². The lowest BCUT2D eigenvalue weighted by atomic mass is 10.1. The number of carbonyl (C=O) groups is 1. The van der Waals surface area contributed by atoms with Crippen LogP contribution >= 0.6 is 23.4 Å². The number of aromatic nitrogens is 2. The minimum absolute atomic E-state index is 0.101. The summed E-state index contributed by atoms with van der Waals surface area (Å²) in [7, 11) is 0. The minimum Gasteiger partial charge on any atom is -0.323 e. The maximum Gasteiger partial charge on any atom is 0.344 e. The van der Waals surface area contributed by atoms with Gasteiger partial charge in [-0.1, -0.05) is 29.4 Å². The number of halogens is 1. The van der Waals surface area contributed by atoms with Crippen LogP contribution < -0.4 is 0 Å². The molecule has 2 aromatic rings. The highest BCUT2D eigenvalue weighted by atomic mass is 35.5. The SMILES string of the molecule is CCN(CC)C(=O)n1ccc(Sc2c(C)ccc(Cl)c2C)n1. The van der Waals surface area contributed by atoms with Crippen LogP contribution in [0.1, 0.15) is 25.0 Å². The second-order valence-corrected chi connectivity index (χ2v) is 6.41. The summed E-state index contributed by atoms with van der Waals surface area (Å²) in [4.78, 5) is 15.1. The zero-order valence-corrected chi connectivity index (χ0v) is 14.8. The molecule has 0 saturated carbocycles. The molecule has 22 heavy (non-hydrogen) atoms. The van der Waals surface area contributed by atoms with E-state index in [1.54, 1.807) is 11.1 Å². The molecule has 0 spiro atoms. The Labute approximate surface area is 140 Å². The fourth-order valence-electron chi connectivity index (χ4n) is 2.17. The van der Waals surface area contributed by atoms with Crippen molar-refractivity contribution >= 4 is 29.4 Å². The largest absolute Gasteiger partial charge is 0.344 e. The number of nitrogens with zero attached hydrogens (tertiary/aromatic N) is 3. The monoisotopic (exact) mass is 337 g/mol. The lowest BCUT2D eigenvalue weighted by Crippen LogP contribution is -2.34. The number of hydrogen-bond donors (Lipinski definition) is 0. The maximum atomic E-state index is 12.3. The van der Waals surface area contributed by atoms with E-state index in [1.165, 1.54) is 16.4 Å². The summed E-state index contributed by atoms with van der Waals surface area (Å²) >= 11 is 7.72. The zero-order valence-electron chi connectivity index (χ0n) is 13.3. The highest BCUT2D eigenvalue weighted by molar-refractivity contribution is 7.99. The Kier molecular flexibility index (Phi) is 5.53. The van der Waals surface area contributed by atoms with E-state index in [-0.39, 0.29) is 6.03 Å². The van der Waals surface area contributed by atoms with Crippen LogP contribution in [0.15, 0.2) is 34.3 Å². The molecule has 2 rings (SSSR count). The van der Waals surface area contributed by atoms with Crippen molar-refractivity contribution in [3.63, 3.8) is 0 Å². The summed E-state index contributed by atoms with van der Waals surface area (Å²) in [5.41, 5.74) is 2.19. The number of aryl methyl sites for hydroxylation is 1. The van der Waals surface area contributed by atoms with Gasteiger partial charge in [-0.05, 0) is 51.0 Å². The molecule has 0 radical (unpaired) electrons. The first kappa shape index (κ1) is 16.9. The number of hydrogen-bond acceptors (Lipinski definition) is 3. The van der Waals surface area contributed by atoms with Gasteiger partial charge in [0.1, 0.15) is 5.03 Å². The number of rotatable bonds is 4. The van der Waals surface area contributed by atoms with Crippen LogP contribution in [0.2, 0.25) is 5.02 Å². The van der Waals surface area contributed by atoms with Crippen LogP contribution in [0.5, 0.6) is 0 Å². The molecule has 1 heterocycles. The molecule has 0 N–H and O–H groups in total. The van der Waals surface area contributed by atoms with Crippen molar-refractivity contribution in [2.45, 2.75) is 37.6 Å². The van der Waals surface area contributed by atoms with Crippen molar-refractivity contribution in [2.75, 3.05) is 13.1 Å². The average molecular weight is 338 g/mol. The molecule has 0 aliphatic rings. The summed E-state index contributed by atoms with van der Waals surface area (Å²) in [5, 5.41) is 5.91. The Bertz CT molecular complexity index is 680. The lowest BCUT2D eigenvalue weighted by Gasteiger charge is -2.17. The van der Waals surface area contributed by atoms with E-state index in [1.807, 2.05) is 45.9 Å². The first-order valence-electron chi connectivity index (χ1n) is 7.26. The predicted molar refractivity (Wildman–Crippen MR) is 91.0 cm³/mol. The first-order valence-corrected chi connectivity index (χ1v) is 8.45. The van der Waals surface area contributed by atoms with Crippen molar-refractivity contribution in [3.8, 4) is 0 Å². The molecular formula is C16H20ClN3OS. The quantitative estimate of drug-likeness (QED) is 0.817. The third kappa shape index (κ3) is 3.47. The van der Waals surface area contributed by atoms with Crippen molar-refractivity contribution in [3.05, 3.63) is 40.5 Å². The zero-order chi connectivity index (χ0) is 16.3. The Balaban J connectivity index is 2.23. The summed E-state index contributed by atoms with van der Waals surface area (Å²) in [6.45, 7) is 9.30. The highest BCUT2D eigenvalue weighted by Crippen LogP contribution is 2.35. The number of benzene rings is 1. The molecule has 0 aliphatic carbocycles. The van der Waals surface area contributed by atoms with Gasteiger partial charge in [0.05, 0.1) is 0 Å². The fraction of sp³-hybridized carbons (Fsp3) is 0.375. The van der Waals surface area contributed by atoms with Gasteiger partial charge in [-0.2, -0.15) is 9.78 Å². The lowest BCUT2D eigenvalue weighted by molar-refractivity contribution is 0.201. The summed E-state index contributed by atoms with van der Waals surface area (Å²) < 4.78 is 1.39. The fourth-order valence-corrected chi connectivity index (χ4v) is 3.34. The molecule has 0 unspecified atom stereocenters. The molecular weight excluding hydrogens is 318 g/mol. The molecule has 0 fully saturated rings. The Morgan fingerprint density at radius 3 is 2.59 bits per heavy atom. The normalized spacial score (nSPS) is 10.8. The van der Waals surface area contributed by atoms with Gasteiger partial charge in [0.2, 0.25) is 0 Å². The molecule has 118 valence electrons. The first-order chi connectivity index (χ1) is 10.5. The van der Waals surface area contributed by atoms with Gasteiger partial charge in [-0.15, -0.1) is 0 Å². The van der Waals surface area contributed by atoms with E-state index in [0.29, 0.717) is 13.1 Å². The Hall–Kier alpha value is -1.46. The van der Waals surface area contributed by atoms with E-state index >= 15 is 0 Å². The molecule has 0 bridgehead atoms. The predicted octanol–water partition coefficient (Wildman–Crippen LogP) is 4.61. The second kappa shape index (κ2) is 7.20. The van der Waals surface area contributed by atoms with Gasteiger partial charge >= 0.3 is 6.03 Å². The smallest absolute Gasteiger partial charge is 0.323 e.